The van der Waals surface area contributed by atoms with Gasteiger partial charge in [-0.1, -0.05) is 0 Å². The van der Waals surface area contributed by atoms with Crippen LogP contribution in [0.15, 0.2) is 18.7 Å². The Kier molecular flexibility index (Phi) is 3.94. The summed E-state index contributed by atoms with van der Waals surface area (Å²) in [6.07, 6.45) is 5.49. The van der Waals surface area contributed by atoms with Crippen molar-refractivity contribution < 1.29 is 5.11 Å². The second-order valence-electron chi connectivity index (χ2n) is 3.68. The van der Waals surface area contributed by atoms with Gasteiger partial charge in [-0.3, -0.25) is 9.97 Å². The van der Waals surface area contributed by atoms with Crippen LogP contribution < -0.4 is 11.1 Å². The standard InChI is InChI=1S/C11H13N7O/c12-1-9-10(13)17-6-18-11(9)16-3-7-2-15-8(5-19)4-14-7/h1-2,4,6,12,19H,3,5H2,(H3,13,16,17,18). The fourth-order valence-electron chi connectivity index (χ4n) is 1.42. The summed E-state index contributed by atoms with van der Waals surface area (Å²) < 4.78 is 0. The third-order valence-corrected chi connectivity index (χ3v) is 2.42. The van der Waals surface area contributed by atoms with Crippen molar-refractivity contribution in [3.63, 3.8) is 0 Å². The van der Waals surface area contributed by atoms with Crippen molar-refractivity contribution in [2.24, 2.45) is 0 Å². The van der Waals surface area contributed by atoms with Gasteiger partial charge in [-0.25, -0.2) is 9.97 Å². The molecule has 0 radical (unpaired) electrons. The van der Waals surface area contributed by atoms with Crippen LogP contribution in [0.5, 0.6) is 0 Å². The van der Waals surface area contributed by atoms with Crippen LogP contribution in [0.4, 0.5) is 11.6 Å². The number of nitrogen functional groups attached to an aromatic ring is 1. The van der Waals surface area contributed by atoms with Gasteiger partial charge in [0.15, 0.2) is 0 Å². The van der Waals surface area contributed by atoms with Crippen molar-refractivity contribution >= 4 is 17.9 Å². The molecule has 0 aliphatic rings. The van der Waals surface area contributed by atoms with E-state index in [1.807, 2.05) is 0 Å². The molecular weight excluding hydrogens is 246 g/mol. The topological polar surface area (TPSA) is 134 Å². The molecule has 8 heteroatoms. The Morgan fingerprint density at radius 2 is 1.95 bits per heavy atom. The van der Waals surface area contributed by atoms with Crippen molar-refractivity contribution in [2.75, 3.05) is 11.1 Å². The SMILES string of the molecule is N=Cc1c(N)ncnc1NCc1cnc(CO)cn1. The average molecular weight is 259 g/mol. The Bertz CT molecular complexity index is 570. The lowest BCUT2D eigenvalue weighted by molar-refractivity contribution is 0.276. The maximum absolute atomic E-state index is 8.86. The van der Waals surface area contributed by atoms with Crippen LogP contribution in [0.3, 0.4) is 0 Å². The minimum Gasteiger partial charge on any atom is -0.390 e. The van der Waals surface area contributed by atoms with Gasteiger partial charge in [-0.2, -0.15) is 0 Å². The zero-order valence-electron chi connectivity index (χ0n) is 10.0. The highest BCUT2D eigenvalue weighted by Gasteiger charge is 2.06. The third kappa shape index (κ3) is 2.99. The zero-order valence-corrected chi connectivity index (χ0v) is 10.0. The molecule has 5 N–H and O–H groups in total. The summed E-state index contributed by atoms with van der Waals surface area (Å²) in [6.45, 7) is 0.247. The Morgan fingerprint density at radius 3 is 2.58 bits per heavy atom. The lowest BCUT2D eigenvalue weighted by Gasteiger charge is -2.08. The van der Waals surface area contributed by atoms with E-state index in [2.05, 4.69) is 25.3 Å². The van der Waals surface area contributed by atoms with Crippen LogP contribution >= 0.6 is 0 Å². The number of nitrogens with zero attached hydrogens (tertiary/aromatic N) is 4. The number of aliphatic hydroxyl groups excluding tert-OH is 1. The van der Waals surface area contributed by atoms with Crippen molar-refractivity contribution in [1.82, 2.24) is 19.9 Å². The van der Waals surface area contributed by atoms with Gasteiger partial charge in [0.2, 0.25) is 0 Å². The number of hydrogen-bond acceptors (Lipinski definition) is 8. The molecule has 0 atom stereocenters. The van der Waals surface area contributed by atoms with Gasteiger partial charge in [-0.15, -0.1) is 0 Å². The first-order valence-electron chi connectivity index (χ1n) is 5.50. The second kappa shape index (κ2) is 5.83. The van der Waals surface area contributed by atoms with Crippen LogP contribution in [0, 0.1) is 5.41 Å². The molecule has 19 heavy (non-hydrogen) atoms. The summed E-state index contributed by atoms with van der Waals surface area (Å²) in [5.74, 6) is 0.713. The van der Waals surface area contributed by atoms with Gasteiger partial charge < -0.3 is 21.6 Å². The van der Waals surface area contributed by atoms with E-state index in [9.17, 15) is 0 Å². The van der Waals surface area contributed by atoms with Gasteiger partial charge in [0.1, 0.15) is 18.0 Å². The van der Waals surface area contributed by atoms with Crippen LogP contribution in [-0.2, 0) is 13.2 Å². The van der Waals surface area contributed by atoms with Crippen LogP contribution in [0.2, 0.25) is 0 Å². The van der Waals surface area contributed by atoms with Gasteiger partial charge in [-0.05, 0) is 0 Å². The Morgan fingerprint density at radius 1 is 1.21 bits per heavy atom. The molecule has 0 aliphatic heterocycles. The normalized spacial score (nSPS) is 10.2. The number of anilines is 2. The number of aliphatic hydroxyl groups is 1. The smallest absolute Gasteiger partial charge is 0.140 e. The molecule has 2 rings (SSSR count). The summed E-state index contributed by atoms with van der Waals surface area (Å²) in [6, 6.07) is 0. The van der Waals surface area contributed by atoms with Crippen LogP contribution in [-0.4, -0.2) is 31.3 Å². The molecule has 98 valence electrons. The lowest BCUT2D eigenvalue weighted by atomic mass is 10.3. The molecule has 0 unspecified atom stereocenters. The largest absolute Gasteiger partial charge is 0.390 e. The van der Waals surface area contributed by atoms with Crippen molar-refractivity contribution in [2.45, 2.75) is 13.2 Å². The summed E-state index contributed by atoms with van der Waals surface area (Å²) in [5.41, 5.74) is 7.27. The monoisotopic (exact) mass is 259 g/mol. The highest BCUT2D eigenvalue weighted by molar-refractivity contribution is 5.89. The highest BCUT2D eigenvalue weighted by atomic mass is 16.3. The highest BCUT2D eigenvalue weighted by Crippen LogP contribution is 2.14. The summed E-state index contributed by atoms with van der Waals surface area (Å²) in [5, 5.41) is 19.2. The first-order chi connectivity index (χ1) is 9.24. The molecule has 0 saturated heterocycles. The molecule has 0 fully saturated rings. The predicted molar refractivity (Wildman–Crippen MR) is 69.6 cm³/mol. The number of nitrogens with one attached hydrogen (secondary N) is 2. The molecule has 2 aromatic rings. The molecule has 0 amide bonds. The van der Waals surface area contributed by atoms with Crippen molar-refractivity contribution in [3.05, 3.63) is 35.7 Å². The van der Waals surface area contributed by atoms with Crippen LogP contribution in [0.1, 0.15) is 17.0 Å². The quantitative estimate of drug-likeness (QED) is 0.553. The van der Waals surface area contributed by atoms with Gasteiger partial charge >= 0.3 is 0 Å². The molecule has 0 saturated carbocycles. The summed E-state index contributed by atoms with van der Waals surface area (Å²) >= 11 is 0. The van der Waals surface area contributed by atoms with E-state index in [4.69, 9.17) is 16.2 Å². The maximum Gasteiger partial charge on any atom is 0.140 e. The maximum atomic E-state index is 8.86. The van der Waals surface area contributed by atoms with Gasteiger partial charge in [0, 0.05) is 6.21 Å². The fourth-order valence-corrected chi connectivity index (χ4v) is 1.42. The summed E-state index contributed by atoms with van der Waals surface area (Å²) in [7, 11) is 0. The second-order valence-corrected chi connectivity index (χ2v) is 3.68. The molecule has 0 aromatic carbocycles. The van der Waals surface area contributed by atoms with E-state index in [1.54, 1.807) is 6.20 Å². The lowest BCUT2D eigenvalue weighted by Crippen LogP contribution is -2.09. The minimum absolute atomic E-state index is 0.138. The minimum atomic E-state index is -0.138. The first kappa shape index (κ1) is 12.8. The fraction of sp³-hybridized carbons (Fsp3) is 0.182. The molecule has 0 aliphatic carbocycles. The average Bonchev–Trinajstić information content (AvgIpc) is 2.45. The first-order valence-corrected chi connectivity index (χ1v) is 5.50. The number of rotatable bonds is 5. The molecular formula is C11H13N7O. The van der Waals surface area contributed by atoms with E-state index in [0.29, 0.717) is 29.3 Å². The van der Waals surface area contributed by atoms with E-state index in [1.165, 1.54) is 12.5 Å². The molecule has 8 nitrogen and oxygen atoms in total. The zero-order chi connectivity index (χ0) is 13.7. The van der Waals surface area contributed by atoms with E-state index in [-0.39, 0.29) is 12.4 Å². The number of nitrogens with two attached hydrogens (primary N) is 1. The van der Waals surface area contributed by atoms with Crippen molar-refractivity contribution in [3.8, 4) is 0 Å². The van der Waals surface area contributed by atoms with Crippen LogP contribution in [0.25, 0.3) is 0 Å². The van der Waals surface area contributed by atoms with Crippen molar-refractivity contribution in [1.29, 1.82) is 5.41 Å². The molecule has 2 heterocycles. The Labute approximate surface area is 109 Å². The Balaban J connectivity index is 2.09. The van der Waals surface area contributed by atoms with E-state index in [0.717, 1.165) is 6.21 Å². The number of aromatic nitrogens is 4. The van der Waals surface area contributed by atoms with E-state index >= 15 is 0 Å². The molecule has 0 spiro atoms. The van der Waals surface area contributed by atoms with Gasteiger partial charge in [0.05, 0.1) is 42.5 Å². The summed E-state index contributed by atoms with van der Waals surface area (Å²) in [4.78, 5) is 16.0. The molecule has 0 bridgehead atoms. The predicted octanol–water partition coefficient (Wildman–Crippen LogP) is -0.0491. The molecule has 2 aromatic heterocycles. The number of hydrogen-bond donors (Lipinski definition) is 4. The van der Waals surface area contributed by atoms with E-state index < -0.39 is 0 Å². The Hall–Kier alpha value is -2.61. The van der Waals surface area contributed by atoms with Gasteiger partial charge in [0.25, 0.3) is 0 Å². The third-order valence-electron chi connectivity index (χ3n) is 2.42.